The average molecular weight is 328 g/mol. The van der Waals surface area contributed by atoms with Crippen LogP contribution in [0, 0.1) is 5.82 Å². The van der Waals surface area contributed by atoms with Crippen molar-refractivity contribution in [3.05, 3.63) is 23.5 Å². The van der Waals surface area contributed by atoms with Crippen molar-refractivity contribution < 1.29 is 32.2 Å². The van der Waals surface area contributed by atoms with E-state index < -0.39 is 36.0 Å². The molecule has 21 heavy (non-hydrogen) atoms. The number of amides is 1. The molecule has 1 saturated heterocycles. The SMILES string of the molecule is COc1cc(F)c([C@H]2NC(=O)OCC2(F)F)cc1OC.Cl. The van der Waals surface area contributed by atoms with Crippen molar-refractivity contribution in [3.8, 4) is 11.5 Å². The highest BCUT2D eigenvalue weighted by Gasteiger charge is 2.48. The molecule has 1 heterocycles. The van der Waals surface area contributed by atoms with Crippen LogP contribution < -0.4 is 14.8 Å². The molecule has 1 aromatic carbocycles. The van der Waals surface area contributed by atoms with Crippen molar-refractivity contribution in [2.75, 3.05) is 20.8 Å². The van der Waals surface area contributed by atoms with Crippen LogP contribution in [-0.2, 0) is 4.74 Å². The second-order valence-electron chi connectivity index (χ2n) is 4.14. The summed E-state index contributed by atoms with van der Waals surface area (Å²) in [6.45, 7) is -1.11. The van der Waals surface area contributed by atoms with Crippen molar-refractivity contribution in [3.63, 3.8) is 0 Å². The Morgan fingerprint density at radius 1 is 1.29 bits per heavy atom. The second-order valence-corrected chi connectivity index (χ2v) is 4.14. The molecular formula is C12H13ClF3NO4. The topological polar surface area (TPSA) is 56.8 Å². The molecule has 2 rings (SSSR count). The monoisotopic (exact) mass is 327 g/mol. The van der Waals surface area contributed by atoms with Crippen LogP contribution in [0.25, 0.3) is 0 Å². The summed E-state index contributed by atoms with van der Waals surface area (Å²) < 4.78 is 55.5. The van der Waals surface area contributed by atoms with Gasteiger partial charge in [0.1, 0.15) is 11.9 Å². The normalized spacial score (nSPS) is 19.9. The number of alkyl halides is 2. The Balaban J connectivity index is 0.00000220. The molecule has 1 atom stereocenters. The molecule has 0 spiro atoms. The smallest absolute Gasteiger partial charge is 0.408 e. The van der Waals surface area contributed by atoms with Crippen LogP contribution in [0.1, 0.15) is 11.6 Å². The van der Waals surface area contributed by atoms with Crippen LogP contribution in [0.15, 0.2) is 12.1 Å². The molecule has 5 nitrogen and oxygen atoms in total. The van der Waals surface area contributed by atoms with E-state index in [9.17, 15) is 18.0 Å². The lowest BCUT2D eigenvalue weighted by molar-refractivity contribution is -0.105. The molecule has 1 aliphatic heterocycles. The summed E-state index contributed by atoms with van der Waals surface area (Å²) in [4.78, 5) is 11.1. The van der Waals surface area contributed by atoms with Crippen LogP contribution in [0.2, 0.25) is 0 Å². The summed E-state index contributed by atoms with van der Waals surface area (Å²) in [5.41, 5.74) is -0.399. The van der Waals surface area contributed by atoms with Crippen LogP contribution in [0.4, 0.5) is 18.0 Å². The quantitative estimate of drug-likeness (QED) is 0.927. The van der Waals surface area contributed by atoms with Gasteiger partial charge in [0.2, 0.25) is 0 Å². The van der Waals surface area contributed by atoms with Gasteiger partial charge in [-0.3, -0.25) is 0 Å². The van der Waals surface area contributed by atoms with Gasteiger partial charge in [-0.1, -0.05) is 0 Å². The van der Waals surface area contributed by atoms with E-state index in [1.807, 2.05) is 5.32 Å². The molecule has 1 amide bonds. The zero-order chi connectivity index (χ0) is 14.9. The third kappa shape index (κ3) is 3.26. The molecule has 1 fully saturated rings. The van der Waals surface area contributed by atoms with Crippen molar-refractivity contribution in [2.45, 2.75) is 12.0 Å². The number of methoxy groups -OCH3 is 2. The van der Waals surface area contributed by atoms with Crippen molar-refractivity contribution in [2.24, 2.45) is 0 Å². The van der Waals surface area contributed by atoms with E-state index >= 15 is 0 Å². The highest BCUT2D eigenvalue weighted by Crippen LogP contribution is 2.39. The summed E-state index contributed by atoms with van der Waals surface area (Å²) in [7, 11) is 2.59. The highest BCUT2D eigenvalue weighted by molar-refractivity contribution is 5.85. The summed E-state index contributed by atoms with van der Waals surface area (Å²) in [6, 6.07) is 0.160. The van der Waals surface area contributed by atoms with Gasteiger partial charge in [0.05, 0.1) is 14.2 Å². The van der Waals surface area contributed by atoms with E-state index in [0.717, 1.165) is 12.1 Å². The third-order valence-corrected chi connectivity index (χ3v) is 2.89. The number of alkyl carbamates (subject to hydrolysis) is 1. The van der Waals surface area contributed by atoms with Gasteiger partial charge in [-0.25, -0.2) is 18.0 Å². The van der Waals surface area contributed by atoms with Crippen LogP contribution >= 0.6 is 12.4 Å². The number of carbonyl (C=O) groups excluding carboxylic acids is 1. The Morgan fingerprint density at radius 3 is 2.43 bits per heavy atom. The van der Waals surface area contributed by atoms with Gasteiger partial charge in [0.25, 0.3) is 0 Å². The second kappa shape index (κ2) is 6.30. The Kier molecular flexibility index (Phi) is 5.16. The van der Waals surface area contributed by atoms with Crippen molar-refractivity contribution in [1.29, 1.82) is 0 Å². The van der Waals surface area contributed by atoms with Crippen LogP contribution in [0.3, 0.4) is 0 Å². The maximum absolute atomic E-state index is 13.9. The lowest BCUT2D eigenvalue weighted by Gasteiger charge is -2.32. The number of hydrogen-bond acceptors (Lipinski definition) is 4. The van der Waals surface area contributed by atoms with E-state index in [0.29, 0.717) is 0 Å². The predicted molar refractivity (Wildman–Crippen MR) is 68.9 cm³/mol. The molecule has 9 heteroatoms. The lowest BCUT2D eigenvalue weighted by Crippen LogP contribution is -2.49. The van der Waals surface area contributed by atoms with Gasteiger partial charge in [-0.2, -0.15) is 0 Å². The van der Waals surface area contributed by atoms with E-state index in [-0.39, 0.29) is 23.9 Å². The van der Waals surface area contributed by atoms with Crippen molar-refractivity contribution in [1.82, 2.24) is 5.32 Å². The Labute approximate surface area is 124 Å². The lowest BCUT2D eigenvalue weighted by atomic mass is 9.99. The molecule has 118 valence electrons. The van der Waals surface area contributed by atoms with Crippen LogP contribution in [-0.4, -0.2) is 32.8 Å². The van der Waals surface area contributed by atoms with Gasteiger partial charge >= 0.3 is 12.0 Å². The van der Waals surface area contributed by atoms with Crippen molar-refractivity contribution >= 4 is 18.5 Å². The van der Waals surface area contributed by atoms with E-state index in [4.69, 9.17) is 9.47 Å². The number of carbonyl (C=O) groups is 1. The fourth-order valence-electron chi connectivity index (χ4n) is 1.91. The molecule has 1 N–H and O–H groups in total. The molecular weight excluding hydrogens is 315 g/mol. The fraction of sp³-hybridized carbons (Fsp3) is 0.417. The van der Waals surface area contributed by atoms with E-state index in [1.165, 1.54) is 14.2 Å². The summed E-state index contributed by atoms with van der Waals surface area (Å²) in [5, 5.41) is 1.91. The molecule has 1 aliphatic rings. The third-order valence-electron chi connectivity index (χ3n) is 2.89. The van der Waals surface area contributed by atoms with Gasteiger partial charge in [-0.05, 0) is 6.07 Å². The van der Waals surface area contributed by atoms with Gasteiger partial charge < -0.3 is 19.5 Å². The first-order chi connectivity index (χ1) is 9.39. The number of nitrogens with one attached hydrogen (secondary N) is 1. The van der Waals surface area contributed by atoms with Gasteiger partial charge in [0.15, 0.2) is 18.1 Å². The summed E-state index contributed by atoms with van der Waals surface area (Å²) in [6.07, 6.45) is -1.03. The average Bonchev–Trinajstić information content (AvgIpc) is 2.41. The molecule has 0 aromatic heterocycles. The van der Waals surface area contributed by atoms with Crippen LogP contribution in [0.5, 0.6) is 11.5 Å². The maximum Gasteiger partial charge on any atom is 0.408 e. The zero-order valence-corrected chi connectivity index (χ0v) is 11.9. The molecule has 0 unspecified atom stereocenters. The van der Waals surface area contributed by atoms with E-state index in [2.05, 4.69) is 4.74 Å². The minimum absolute atomic E-state index is 0. The summed E-state index contributed by atoms with van der Waals surface area (Å²) >= 11 is 0. The Hall–Kier alpha value is -1.83. The molecule has 0 bridgehead atoms. The Morgan fingerprint density at radius 2 is 1.86 bits per heavy atom. The molecule has 0 aliphatic carbocycles. The number of ether oxygens (including phenoxy) is 3. The minimum atomic E-state index is -3.44. The fourth-order valence-corrected chi connectivity index (χ4v) is 1.91. The maximum atomic E-state index is 13.9. The number of benzene rings is 1. The minimum Gasteiger partial charge on any atom is -0.493 e. The van der Waals surface area contributed by atoms with Gasteiger partial charge in [-0.15, -0.1) is 12.4 Å². The first kappa shape index (κ1) is 17.2. The highest BCUT2D eigenvalue weighted by atomic mass is 35.5. The number of cyclic esters (lactones) is 1. The number of hydrogen-bond donors (Lipinski definition) is 1. The Bertz CT molecular complexity index is 541. The first-order valence-electron chi connectivity index (χ1n) is 5.61. The van der Waals surface area contributed by atoms with E-state index in [1.54, 1.807) is 0 Å². The predicted octanol–water partition coefficient (Wildman–Crippen LogP) is 2.68. The number of halogens is 4. The first-order valence-corrected chi connectivity index (χ1v) is 5.61. The molecule has 0 radical (unpaired) electrons. The standard InChI is InChI=1S/C12H12F3NO4.ClH/c1-18-8-3-6(7(13)4-9(8)19-2)10-12(14,15)5-20-11(17)16-10;/h3-4,10H,5H2,1-2H3,(H,16,17);1H/t10-;/m1./s1. The number of rotatable bonds is 3. The molecule has 1 aromatic rings. The zero-order valence-electron chi connectivity index (χ0n) is 11.1. The van der Waals surface area contributed by atoms with Gasteiger partial charge in [0, 0.05) is 11.6 Å². The largest absolute Gasteiger partial charge is 0.493 e. The summed E-state index contributed by atoms with van der Waals surface area (Å²) in [5.74, 6) is -4.22. The molecule has 0 saturated carbocycles.